The first-order chi connectivity index (χ1) is 9.54. The molecular formula is C15H30O4Si. The number of hydrogen-bond acceptors (Lipinski definition) is 4. The zero-order chi connectivity index (χ0) is 15.4. The number of carbonyl (C=O) groups is 1. The van der Waals surface area contributed by atoms with Crippen molar-refractivity contribution in [3.63, 3.8) is 0 Å². The highest BCUT2D eigenvalue weighted by molar-refractivity contribution is 6.44. The third-order valence-electron chi connectivity index (χ3n) is 3.24. The van der Waals surface area contributed by atoms with Crippen molar-refractivity contribution < 1.29 is 18.4 Å². The molecule has 0 aromatic heterocycles. The summed E-state index contributed by atoms with van der Waals surface area (Å²) in [5.74, 6) is -0.279. The van der Waals surface area contributed by atoms with E-state index < -0.39 is 9.28 Å². The van der Waals surface area contributed by atoms with E-state index >= 15 is 0 Å². The Kier molecular flexibility index (Phi) is 11.7. The van der Waals surface area contributed by atoms with Crippen molar-refractivity contribution in [3.8, 4) is 0 Å². The van der Waals surface area contributed by atoms with Gasteiger partial charge in [0.05, 0.1) is 0 Å². The molecule has 0 fully saturated rings. The summed E-state index contributed by atoms with van der Waals surface area (Å²) in [6, 6.07) is 0.946. The average Bonchev–Trinajstić information content (AvgIpc) is 2.43. The zero-order valence-corrected chi connectivity index (χ0v) is 14.6. The first-order valence-electron chi connectivity index (χ1n) is 7.47. The Bertz CT molecular complexity index is 277. The van der Waals surface area contributed by atoms with E-state index in [0.29, 0.717) is 5.57 Å². The molecule has 0 aliphatic carbocycles. The molecule has 0 aromatic rings. The molecule has 0 amide bonds. The van der Waals surface area contributed by atoms with Gasteiger partial charge in [0.1, 0.15) is 6.10 Å². The van der Waals surface area contributed by atoms with Crippen molar-refractivity contribution in [3.05, 3.63) is 12.2 Å². The average molecular weight is 302 g/mol. The van der Waals surface area contributed by atoms with Crippen LogP contribution >= 0.6 is 0 Å². The van der Waals surface area contributed by atoms with Crippen LogP contribution in [0.3, 0.4) is 0 Å². The fourth-order valence-corrected chi connectivity index (χ4v) is 3.21. The van der Waals surface area contributed by atoms with Crippen LogP contribution in [-0.4, -0.2) is 35.6 Å². The van der Waals surface area contributed by atoms with Gasteiger partial charge in [-0.3, -0.25) is 0 Å². The molecule has 0 N–H and O–H groups in total. The number of ether oxygens (including phenoxy) is 1. The molecule has 0 saturated carbocycles. The maximum absolute atomic E-state index is 11.6. The zero-order valence-electron chi connectivity index (χ0n) is 13.4. The van der Waals surface area contributed by atoms with Crippen LogP contribution in [0.5, 0.6) is 0 Å². The molecule has 0 aromatic carbocycles. The largest absolute Gasteiger partial charge is 0.459 e. The summed E-state index contributed by atoms with van der Waals surface area (Å²) >= 11 is 0. The summed E-state index contributed by atoms with van der Waals surface area (Å²) < 4.78 is 16.1. The van der Waals surface area contributed by atoms with Crippen molar-refractivity contribution >= 4 is 15.3 Å². The van der Waals surface area contributed by atoms with Gasteiger partial charge >= 0.3 is 15.3 Å². The van der Waals surface area contributed by atoms with Crippen LogP contribution in [0.15, 0.2) is 12.2 Å². The Morgan fingerprint density at radius 2 is 1.75 bits per heavy atom. The summed E-state index contributed by atoms with van der Waals surface area (Å²) in [6.07, 6.45) is 6.21. The summed E-state index contributed by atoms with van der Waals surface area (Å²) in [5.41, 5.74) is 0.464. The lowest BCUT2D eigenvalue weighted by Gasteiger charge is -2.19. The van der Waals surface area contributed by atoms with Crippen molar-refractivity contribution in [1.29, 1.82) is 0 Å². The maximum Gasteiger partial charge on any atom is 0.333 e. The van der Waals surface area contributed by atoms with Gasteiger partial charge in [0.2, 0.25) is 0 Å². The van der Waals surface area contributed by atoms with E-state index in [2.05, 4.69) is 13.5 Å². The fraction of sp³-hybridized carbons (Fsp3) is 0.800. The lowest BCUT2D eigenvalue weighted by molar-refractivity contribution is -0.144. The second-order valence-corrected chi connectivity index (χ2v) is 7.51. The second-order valence-electron chi connectivity index (χ2n) is 5.14. The topological polar surface area (TPSA) is 44.8 Å². The first kappa shape index (κ1) is 19.3. The highest BCUT2D eigenvalue weighted by Crippen LogP contribution is 2.16. The van der Waals surface area contributed by atoms with Crippen LogP contribution in [0.1, 0.15) is 52.4 Å². The molecule has 0 aliphatic heterocycles. The van der Waals surface area contributed by atoms with Crippen molar-refractivity contribution in [2.75, 3.05) is 14.2 Å². The van der Waals surface area contributed by atoms with E-state index in [9.17, 15) is 4.79 Å². The minimum atomic E-state index is -1.50. The molecule has 0 radical (unpaired) electrons. The Labute approximate surface area is 125 Å². The third-order valence-corrected chi connectivity index (χ3v) is 5.17. The first-order valence-corrected chi connectivity index (χ1v) is 9.23. The number of unbranched alkanes of at least 4 members (excludes halogenated alkanes) is 2. The van der Waals surface area contributed by atoms with Crippen LogP contribution in [0.2, 0.25) is 6.04 Å². The van der Waals surface area contributed by atoms with Gasteiger partial charge in [-0.1, -0.05) is 26.3 Å². The van der Waals surface area contributed by atoms with E-state index in [-0.39, 0.29) is 12.1 Å². The summed E-state index contributed by atoms with van der Waals surface area (Å²) in [5, 5.41) is 0. The molecule has 0 bridgehead atoms. The van der Waals surface area contributed by atoms with Crippen LogP contribution in [-0.2, 0) is 18.4 Å². The van der Waals surface area contributed by atoms with Gasteiger partial charge in [0.15, 0.2) is 0 Å². The number of esters is 1. The smallest absolute Gasteiger partial charge is 0.333 e. The van der Waals surface area contributed by atoms with E-state index in [4.69, 9.17) is 13.6 Å². The Morgan fingerprint density at radius 3 is 2.25 bits per heavy atom. The molecule has 0 heterocycles. The number of hydrogen-bond donors (Lipinski definition) is 0. The molecular weight excluding hydrogens is 272 g/mol. The normalized spacial score (nSPS) is 12.4. The van der Waals surface area contributed by atoms with Crippen molar-refractivity contribution in [2.45, 2.75) is 64.5 Å². The molecule has 0 aliphatic rings. The molecule has 4 nitrogen and oxygen atoms in total. The van der Waals surface area contributed by atoms with Gasteiger partial charge in [-0.2, -0.15) is 0 Å². The van der Waals surface area contributed by atoms with Gasteiger partial charge in [0, 0.05) is 19.8 Å². The van der Waals surface area contributed by atoms with Gasteiger partial charge in [-0.15, -0.1) is 0 Å². The maximum atomic E-state index is 11.6. The second kappa shape index (κ2) is 12.1. The number of rotatable bonds is 12. The van der Waals surface area contributed by atoms with Gasteiger partial charge in [-0.05, 0) is 38.7 Å². The molecule has 0 spiro atoms. The Morgan fingerprint density at radius 1 is 1.15 bits per heavy atom. The van der Waals surface area contributed by atoms with Crippen LogP contribution in [0, 0.1) is 0 Å². The minimum Gasteiger partial charge on any atom is -0.459 e. The van der Waals surface area contributed by atoms with Crippen LogP contribution in [0.4, 0.5) is 0 Å². The monoisotopic (exact) mass is 302 g/mol. The molecule has 118 valence electrons. The van der Waals surface area contributed by atoms with Gasteiger partial charge in [0.25, 0.3) is 0 Å². The molecule has 20 heavy (non-hydrogen) atoms. The highest BCUT2D eigenvalue weighted by atomic mass is 28.3. The molecule has 5 heteroatoms. The lowest BCUT2D eigenvalue weighted by atomic mass is 10.1. The lowest BCUT2D eigenvalue weighted by Crippen LogP contribution is -2.22. The molecule has 1 unspecified atom stereocenters. The van der Waals surface area contributed by atoms with Gasteiger partial charge in [-0.25, -0.2) is 4.79 Å². The highest BCUT2D eigenvalue weighted by Gasteiger charge is 2.16. The van der Waals surface area contributed by atoms with E-state index in [1.54, 1.807) is 21.1 Å². The molecule has 1 atom stereocenters. The number of carbonyl (C=O) groups excluding carboxylic acids is 1. The minimum absolute atomic E-state index is 0.00545. The van der Waals surface area contributed by atoms with E-state index in [1.807, 2.05) is 0 Å². The predicted octanol–water partition coefficient (Wildman–Crippen LogP) is 3.35. The Balaban J connectivity index is 4.15. The third kappa shape index (κ3) is 9.28. The standard InChI is InChI=1S/C15H30O4Si/c1-6-7-8-10-14(19-15(16)13(2)3)11-9-12-20(17-4)18-5/h14,20H,2,6-12H2,1,3-5H3. The van der Waals surface area contributed by atoms with Gasteiger partial charge < -0.3 is 13.6 Å². The van der Waals surface area contributed by atoms with E-state index in [0.717, 1.165) is 31.7 Å². The summed E-state index contributed by atoms with van der Waals surface area (Å²) in [6.45, 7) is 7.49. The quantitative estimate of drug-likeness (QED) is 0.240. The van der Waals surface area contributed by atoms with Crippen molar-refractivity contribution in [2.24, 2.45) is 0 Å². The molecule has 0 saturated heterocycles. The summed E-state index contributed by atoms with van der Waals surface area (Å²) in [7, 11) is 1.89. The van der Waals surface area contributed by atoms with E-state index in [1.165, 1.54) is 12.8 Å². The fourth-order valence-electron chi connectivity index (χ4n) is 1.98. The molecule has 0 rings (SSSR count). The van der Waals surface area contributed by atoms with Crippen LogP contribution < -0.4 is 0 Å². The SMILES string of the molecule is C=C(C)C(=O)OC(CCCCC)CCC[SiH](OC)OC. The summed E-state index contributed by atoms with van der Waals surface area (Å²) in [4.78, 5) is 11.6. The van der Waals surface area contributed by atoms with Crippen molar-refractivity contribution in [1.82, 2.24) is 0 Å². The Hall–Kier alpha value is -0.653. The van der Waals surface area contributed by atoms with Crippen LogP contribution in [0.25, 0.3) is 0 Å². The predicted molar refractivity (Wildman–Crippen MR) is 84.0 cm³/mol.